The molecule has 4 nitrogen and oxygen atoms in total. The standard InChI is InChI=1S/C16H17NO3/c1-17-11-7-3-2-5-9(11)15-13(16(17)19)10-6-4-8-12(20-15)14(10)18/h2-3,5,7,10,12,14,18H,4,6,8H2,1H3/t10-,12-,14?/m1/s1. The Hall–Kier alpha value is -1.81. The van der Waals surface area contributed by atoms with Gasteiger partial charge in [0.25, 0.3) is 5.56 Å². The fraction of sp³-hybridized carbons (Fsp3) is 0.438. The zero-order valence-corrected chi connectivity index (χ0v) is 11.4. The lowest BCUT2D eigenvalue weighted by molar-refractivity contribution is -0.0244. The fourth-order valence-corrected chi connectivity index (χ4v) is 3.68. The molecule has 20 heavy (non-hydrogen) atoms. The van der Waals surface area contributed by atoms with Gasteiger partial charge in [0.15, 0.2) is 0 Å². The third-order valence-corrected chi connectivity index (χ3v) is 4.73. The predicted molar refractivity (Wildman–Crippen MR) is 76.2 cm³/mol. The van der Waals surface area contributed by atoms with Crippen molar-refractivity contribution < 1.29 is 9.84 Å². The van der Waals surface area contributed by atoms with Crippen LogP contribution in [0.2, 0.25) is 0 Å². The first-order valence-electron chi connectivity index (χ1n) is 7.15. The summed E-state index contributed by atoms with van der Waals surface area (Å²) in [4.78, 5) is 12.6. The van der Waals surface area contributed by atoms with E-state index in [0.29, 0.717) is 11.3 Å². The monoisotopic (exact) mass is 271 g/mol. The largest absolute Gasteiger partial charge is 0.486 e. The maximum Gasteiger partial charge on any atom is 0.258 e. The summed E-state index contributed by atoms with van der Waals surface area (Å²) >= 11 is 0. The highest BCUT2D eigenvalue weighted by Crippen LogP contribution is 2.44. The van der Waals surface area contributed by atoms with Crippen molar-refractivity contribution in [3.8, 4) is 5.75 Å². The van der Waals surface area contributed by atoms with Gasteiger partial charge >= 0.3 is 0 Å². The number of ether oxygens (including phenoxy) is 1. The number of benzene rings is 1. The topological polar surface area (TPSA) is 51.5 Å². The lowest BCUT2D eigenvalue weighted by Gasteiger charge is -2.40. The third-order valence-electron chi connectivity index (χ3n) is 4.73. The molecule has 2 heterocycles. The summed E-state index contributed by atoms with van der Waals surface area (Å²) in [6.07, 6.45) is 2.01. The second kappa shape index (κ2) is 4.09. The molecule has 4 rings (SSSR count). The first kappa shape index (κ1) is 12.0. The molecule has 1 N–H and O–H groups in total. The van der Waals surface area contributed by atoms with E-state index in [4.69, 9.17) is 4.74 Å². The lowest BCUT2D eigenvalue weighted by atomic mass is 9.77. The molecule has 1 aromatic carbocycles. The number of aliphatic hydroxyl groups excluding tert-OH is 1. The molecule has 0 spiro atoms. The van der Waals surface area contributed by atoms with Crippen LogP contribution in [0.15, 0.2) is 29.1 Å². The SMILES string of the molecule is Cn1c(=O)c2c(c3ccccc31)O[C@@H]1CCC[C@H]2C1O. The van der Waals surface area contributed by atoms with Crippen molar-refractivity contribution in [3.63, 3.8) is 0 Å². The summed E-state index contributed by atoms with van der Waals surface area (Å²) in [5.74, 6) is 0.615. The smallest absolute Gasteiger partial charge is 0.258 e. The van der Waals surface area contributed by atoms with E-state index in [-0.39, 0.29) is 17.6 Å². The van der Waals surface area contributed by atoms with Crippen LogP contribution in [0.5, 0.6) is 5.75 Å². The van der Waals surface area contributed by atoms with Gasteiger partial charge in [-0.3, -0.25) is 4.79 Å². The van der Waals surface area contributed by atoms with E-state index in [1.807, 2.05) is 24.3 Å². The maximum atomic E-state index is 12.6. The van der Waals surface area contributed by atoms with Gasteiger partial charge in [-0.1, -0.05) is 12.1 Å². The Morgan fingerprint density at radius 2 is 2.10 bits per heavy atom. The first-order valence-corrected chi connectivity index (χ1v) is 7.15. The Kier molecular flexibility index (Phi) is 2.45. The van der Waals surface area contributed by atoms with E-state index in [2.05, 4.69) is 0 Å². The number of rotatable bonds is 0. The van der Waals surface area contributed by atoms with Gasteiger partial charge in [-0.15, -0.1) is 0 Å². The maximum absolute atomic E-state index is 12.6. The Labute approximate surface area is 116 Å². The van der Waals surface area contributed by atoms with E-state index in [1.165, 1.54) is 0 Å². The molecule has 0 amide bonds. The molecule has 2 bridgehead atoms. The molecule has 1 saturated carbocycles. The third kappa shape index (κ3) is 1.43. The van der Waals surface area contributed by atoms with Crippen LogP contribution >= 0.6 is 0 Å². The molecule has 1 aliphatic carbocycles. The molecule has 2 aromatic rings. The predicted octanol–water partition coefficient (Wildman–Crippen LogP) is 1.93. The van der Waals surface area contributed by atoms with Crippen LogP contribution in [0.3, 0.4) is 0 Å². The van der Waals surface area contributed by atoms with E-state index in [9.17, 15) is 9.90 Å². The van der Waals surface area contributed by atoms with Crippen molar-refractivity contribution in [2.45, 2.75) is 37.4 Å². The molecule has 1 unspecified atom stereocenters. The van der Waals surface area contributed by atoms with E-state index in [1.54, 1.807) is 11.6 Å². The number of fused-ring (bicyclic) bond motifs is 6. The van der Waals surface area contributed by atoms with Crippen LogP contribution in [0, 0.1) is 0 Å². The van der Waals surface area contributed by atoms with Crippen molar-refractivity contribution >= 4 is 10.9 Å². The molecular weight excluding hydrogens is 254 g/mol. The van der Waals surface area contributed by atoms with Gasteiger partial charge < -0.3 is 14.4 Å². The molecule has 104 valence electrons. The van der Waals surface area contributed by atoms with Crippen molar-refractivity contribution in [3.05, 3.63) is 40.2 Å². The molecule has 1 aromatic heterocycles. The van der Waals surface area contributed by atoms with Crippen molar-refractivity contribution in [2.75, 3.05) is 0 Å². The normalized spacial score (nSPS) is 28.0. The van der Waals surface area contributed by atoms with E-state index in [0.717, 1.165) is 30.2 Å². The van der Waals surface area contributed by atoms with Crippen LogP contribution in [0.4, 0.5) is 0 Å². The van der Waals surface area contributed by atoms with Gasteiger partial charge in [0.1, 0.15) is 11.9 Å². The number of aromatic nitrogens is 1. The Morgan fingerprint density at radius 1 is 1.30 bits per heavy atom. The van der Waals surface area contributed by atoms with E-state index >= 15 is 0 Å². The summed E-state index contributed by atoms with van der Waals surface area (Å²) in [6, 6.07) is 7.80. The summed E-state index contributed by atoms with van der Waals surface area (Å²) in [6.45, 7) is 0. The number of nitrogens with zero attached hydrogens (tertiary/aromatic N) is 1. The molecule has 1 fully saturated rings. The van der Waals surface area contributed by atoms with Crippen LogP contribution in [-0.2, 0) is 7.05 Å². The summed E-state index contributed by atoms with van der Waals surface area (Å²) in [5.41, 5.74) is 1.50. The quantitative estimate of drug-likeness (QED) is 0.796. The van der Waals surface area contributed by atoms with Gasteiger partial charge in [-0.05, 0) is 31.4 Å². The van der Waals surface area contributed by atoms with Gasteiger partial charge in [-0.2, -0.15) is 0 Å². The fourth-order valence-electron chi connectivity index (χ4n) is 3.68. The highest BCUT2D eigenvalue weighted by Gasteiger charge is 2.42. The number of pyridine rings is 1. The number of hydrogen-bond acceptors (Lipinski definition) is 3. The van der Waals surface area contributed by atoms with Crippen LogP contribution in [0.25, 0.3) is 10.9 Å². The van der Waals surface area contributed by atoms with Crippen LogP contribution in [0.1, 0.15) is 30.7 Å². The van der Waals surface area contributed by atoms with Gasteiger partial charge in [-0.25, -0.2) is 0 Å². The van der Waals surface area contributed by atoms with Crippen molar-refractivity contribution in [1.82, 2.24) is 4.57 Å². The van der Waals surface area contributed by atoms with Crippen LogP contribution in [-0.4, -0.2) is 21.9 Å². The minimum atomic E-state index is -0.551. The number of aryl methyl sites for hydroxylation is 1. The lowest BCUT2D eigenvalue weighted by Crippen LogP contribution is -2.46. The minimum absolute atomic E-state index is 0.0388. The van der Waals surface area contributed by atoms with Gasteiger partial charge in [0, 0.05) is 18.4 Å². The van der Waals surface area contributed by atoms with Gasteiger partial charge in [0.05, 0.1) is 17.2 Å². The van der Waals surface area contributed by atoms with Gasteiger partial charge in [0.2, 0.25) is 0 Å². The van der Waals surface area contributed by atoms with Crippen LogP contribution < -0.4 is 10.3 Å². The summed E-state index contributed by atoms with van der Waals surface area (Å²) in [7, 11) is 1.78. The zero-order valence-electron chi connectivity index (χ0n) is 11.4. The molecule has 1 aliphatic heterocycles. The molecule has 3 atom stereocenters. The minimum Gasteiger partial charge on any atom is -0.486 e. The zero-order chi connectivity index (χ0) is 13.9. The highest BCUT2D eigenvalue weighted by molar-refractivity contribution is 5.87. The molecule has 2 aliphatic rings. The second-order valence-corrected chi connectivity index (χ2v) is 5.81. The number of aliphatic hydroxyl groups is 1. The molecular formula is C16H17NO3. The summed E-state index contributed by atoms with van der Waals surface area (Å²) < 4.78 is 7.67. The van der Waals surface area contributed by atoms with E-state index < -0.39 is 6.10 Å². The average Bonchev–Trinajstić information content (AvgIpc) is 2.45. The Morgan fingerprint density at radius 3 is 2.95 bits per heavy atom. The van der Waals surface area contributed by atoms with Crippen molar-refractivity contribution in [1.29, 1.82) is 0 Å². The molecule has 0 saturated heterocycles. The number of para-hydroxylation sites is 1. The number of hydrogen-bond donors (Lipinski definition) is 1. The highest BCUT2D eigenvalue weighted by atomic mass is 16.5. The molecule has 0 radical (unpaired) electrons. The second-order valence-electron chi connectivity index (χ2n) is 5.81. The van der Waals surface area contributed by atoms with Crippen molar-refractivity contribution in [2.24, 2.45) is 7.05 Å². The summed E-state index contributed by atoms with van der Waals surface area (Å²) in [5, 5.41) is 11.3. The average molecular weight is 271 g/mol. The Bertz CT molecular complexity index is 749. The molecule has 4 heteroatoms. The Balaban J connectivity index is 2.10. The first-order chi connectivity index (χ1) is 9.68.